The largest absolute Gasteiger partial charge is 0.413 e. The van der Waals surface area contributed by atoms with Gasteiger partial charge in [0, 0.05) is 0 Å². The lowest BCUT2D eigenvalue weighted by Crippen LogP contribution is -2.40. The molecule has 0 unspecified atom stereocenters. The second-order valence-corrected chi connectivity index (χ2v) is 15.4. The van der Waals surface area contributed by atoms with E-state index >= 15 is 0 Å². The third-order valence-corrected chi connectivity index (χ3v) is 10.2. The van der Waals surface area contributed by atoms with E-state index in [2.05, 4.69) is 104 Å². The van der Waals surface area contributed by atoms with E-state index < -0.39 is 8.32 Å². The average Bonchev–Trinajstić information content (AvgIpc) is 2.53. The molecule has 0 N–H and O–H groups in total. The smallest absolute Gasteiger partial charge is 0.192 e. The predicted molar refractivity (Wildman–Crippen MR) is 122 cm³/mol. The lowest BCUT2D eigenvalue weighted by molar-refractivity contribution is 0.276. The summed E-state index contributed by atoms with van der Waals surface area (Å²) in [5.41, 5.74) is 6.96. The first-order chi connectivity index (χ1) is 12.3. The molecule has 1 nitrogen and oxygen atoms in total. The fourth-order valence-electron chi connectivity index (χ4n) is 2.93. The van der Waals surface area contributed by atoms with Crippen LogP contribution in [0.15, 0.2) is 42.5 Å². The highest BCUT2D eigenvalue weighted by molar-refractivity contribution is 6.74. The Hall–Kier alpha value is -1.38. The Kier molecular flexibility index (Phi) is 6.43. The topological polar surface area (TPSA) is 9.23 Å². The van der Waals surface area contributed by atoms with Crippen molar-refractivity contribution in [2.75, 3.05) is 0 Å². The maximum absolute atomic E-state index is 6.42. The molecule has 2 aromatic carbocycles. The second kappa shape index (κ2) is 7.93. The summed E-state index contributed by atoms with van der Waals surface area (Å²) >= 11 is 0. The summed E-state index contributed by atoms with van der Waals surface area (Å²) in [6.07, 6.45) is 1.10. The summed E-state index contributed by atoms with van der Waals surface area (Å²) in [6, 6.07) is 15.7. The Balaban J connectivity index is 2.24. The van der Waals surface area contributed by atoms with Gasteiger partial charge < -0.3 is 4.43 Å². The number of aryl methyl sites for hydroxylation is 1. The average molecular weight is 383 g/mol. The van der Waals surface area contributed by atoms with Crippen molar-refractivity contribution in [3.63, 3.8) is 0 Å². The van der Waals surface area contributed by atoms with E-state index in [0.29, 0.717) is 12.0 Å². The molecule has 0 atom stereocenters. The van der Waals surface area contributed by atoms with Crippen LogP contribution in [0.3, 0.4) is 0 Å². The quantitative estimate of drug-likeness (QED) is 0.480. The molecule has 2 rings (SSSR count). The fourth-order valence-corrected chi connectivity index (χ4v) is 3.89. The van der Waals surface area contributed by atoms with Crippen molar-refractivity contribution < 1.29 is 4.43 Å². The summed E-state index contributed by atoms with van der Waals surface area (Å²) in [7, 11) is -1.73. The second-order valence-electron chi connectivity index (χ2n) is 10.6. The lowest BCUT2D eigenvalue weighted by Gasteiger charge is -2.36. The molecule has 0 aromatic heterocycles. The minimum Gasteiger partial charge on any atom is -0.413 e. The van der Waals surface area contributed by atoms with Gasteiger partial charge in [0.15, 0.2) is 8.32 Å². The van der Waals surface area contributed by atoms with Gasteiger partial charge in [-0.05, 0) is 70.8 Å². The van der Waals surface area contributed by atoms with E-state index in [4.69, 9.17) is 4.43 Å². The molecule has 0 saturated heterocycles. The number of hydrogen-bond donors (Lipinski definition) is 0. The molecule has 0 fully saturated rings. The van der Waals surface area contributed by atoms with Crippen LogP contribution in [0.4, 0.5) is 0 Å². The molecule has 0 radical (unpaired) electrons. The fraction of sp³-hybridized carbons (Fsp3) is 0.520. The Morgan fingerprint density at radius 1 is 0.852 bits per heavy atom. The van der Waals surface area contributed by atoms with Gasteiger partial charge in [-0.25, -0.2) is 0 Å². The van der Waals surface area contributed by atoms with E-state index in [9.17, 15) is 0 Å². The molecular weight excluding hydrogens is 344 g/mol. The van der Waals surface area contributed by atoms with Gasteiger partial charge in [0.1, 0.15) is 0 Å². The zero-order valence-corrected chi connectivity index (χ0v) is 19.9. The molecule has 0 aliphatic rings. The van der Waals surface area contributed by atoms with Crippen LogP contribution in [0.5, 0.6) is 0 Å². The van der Waals surface area contributed by atoms with Crippen molar-refractivity contribution in [2.45, 2.75) is 79.6 Å². The minimum absolute atomic E-state index is 0.240. The van der Waals surface area contributed by atoms with Crippen molar-refractivity contribution in [3.8, 4) is 11.1 Å². The van der Waals surface area contributed by atoms with Crippen LogP contribution in [0.2, 0.25) is 18.1 Å². The van der Waals surface area contributed by atoms with E-state index in [1.165, 1.54) is 27.8 Å². The molecule has 0 spiro atoms. The number of hydrogen-bond acceptors (Lipinski definition) is 1. The first-order valence-corrected chi connectivity index (χ1v) is 13.0. The summed E-state index contributed by atoms with van der Waals surface area (Å²) < 4.78 is 6.42. The van der Waals surface area contributed by atoms with Gasteiger partial charge in [-0.15, -0.1) is 0 Å². The standard InChI is InChI=1S/C25H38OSi/c1-19-13-14-22(16-23(19)17-24(2,3)4)21-12-10-11-20(15-21)18-26-27(8,9)25(5,6)7/h10-16H,17-18H2,1-9H3. The first kappa shape index (κ1) is 21.9. The SMILES string of the molecule is Cc1ccc(-c2cccc(CO[Si](C)(C)C(C)(C)C)c2)cc1CC(C)(C)C. The molecule has 0 amide bonds. The third-order valence-electron chi connectivity index (χ3n) is 5.74. The molecule has 0 saturated carbocycles. The number of rotatable bonds is 5. The third kappa shape index (κ3) is 6.05. The maximum Gasteiger partial charge on any atom is 0.192 e. The zero-order valence-electron chi connectivity index (χ0n) is 18.9. The van der Waals surface area contributed by atoms with Crippen LogP contribution in [-0.2, 0) is 17.5 Å². The predicted octanol–water partition coefficient (Wildman–Crippen LogP) is 7.77. The van der Waals surface area contributed by atoms with Gasteiger partial charge in [-0.3, -0.25) is 0 Å². The van der Waals surface area contributed by atoms with E-state index in [0.717, 1.165) is 6.42 Å². The highest BCUT2D eigenvalue weighted by atomic mass is 28.4. The molecule has 0 aliphatic carbocycles. The molecule has 148 valence electrons. The van der Waals surface area contributed by atoms with E-state index in [1.54, 1.807) is 0 Å². The Morgan fingerprint density at radius 2 is 1.48 bits per heavy atom. The van der Waals surface area contributed by atoms with Crippen molar-refractivity contribution in [1.82, 2.24) is 0 Å². The van der Waals surface area contributed by atoms with Gasteiger partial charge in [-0.2, -0.15) is 0 Å². The van der Waals surface area contributed by atoms with Crippen LogP contribution in [0.25, 0.3) is 11.1 Å². The molecule has 0 heterocycles. The molecule has 2 heteroatoms. The lowest BCUT2D eigenvalue weighted by atomic mass is 9.85. The summed E-state index contributed by atoms with van der Waals surface area (Å²) in [5.74, 6) is 0. The number of benzene rings is 2. The van der Waals surface area contributed by atoms with Crippen molar-refractivity contribution in [1.29, 1.82) is 0 Å². The molecule has 0 aliphatic heterocycles. The highest BCUT2D eigenvalue weighted by Crippen LogP contribution is 2.37. The van der Waals surface area contributed by atoms with Crippen LogP contribution in [0, 0.1) is 12.3 Å². The van der Waals surface area contributed by atoms with Crippen molar-refractivity contribution in [2.24, 2.45) is 5.41 Å². The van der Waals surface area contributed by atoms with Gasteiger partial charge in [0.25, 0.3) is 0 Å². The molecule has 2 aromatic rings. The summed E-state index contributed by atoms with van der Waals surface area (Å²) in [5, 5.41) is 0.240. The molecular formula is C25H38OSi. The van der Waals surface area contributed by atoms with Gasteiger partial charge in [-0.1, -0.05) is 77.9 Å². The van der Waals surface area contributed by atoms with Crippen molar-refractivity contribution in [3.05, 3.63) is 59.2 Å². The minimum atomic E-state index is -1.73. The van der Waals surface area contributed by atoms with Gasteiger partial charge >= 0.3 is 0 Å². The van der Waals surface area contributed by atoms with Crippen molar-refractivity contribution >= 4 is 8.32 Å². The van der Waals surface area contributed by atoms with Crippen LogP contribution in [-0.4, -0.2) is 8.32 Å². The Morgan fingerprint density at radius 3 is 2.07 bits per heavy atom. The summed E-state index contributed by atoms with van der Waals surface area (Å²) in [4.78, 5) is 0. The normalized spacial score (nSPS) is 13.1. The zero-order chi connectivity index (χ0) is 20.5. The Labute approximate surface area is 168 Å². The van der Waals surface area contributed by atoms with Crippen LogP contribution in [0.1, 0.15) is 58.2 Å². The van der Waals surface area contributed by atoms with Crippen LogP contribution >= 0.6 is 0 Å². The molecule has 27 heavy (non-hydrogen) atoms. The highest BCUT2D eigenvalue weighted by Gasteiger charge is 2.37. The van der Waals surface area contributed by atoms with Gasteiger partial charge in [0.2, 0.25) is 0 Å². The van der Waals surface area contributed by atoms with Crippen LogP contribution < -0.4 is 0 Å². The monoisotopic (exact) mass is 382 g/mol. The summed E-state index contributed by atoms with van der Waals surface area (Å²) in [6.45, 7) is 21.3. The van der Waals surface area contributed by atoms with E-state index in [1.807, 2.05) is 0 Å². The Bertz CT molecular complexity index is 776. The first-order valence-electron chi connectivity index (χ1n) is 10.1. The van der Waals surface area contributed by atoms with E-state index in [-0.39, 0.29) is 5.04 Å². The van der Waals surface area contributed by atoms with Gasteiger partial charge in [0.05, 0.1) is 6.61 Å². The maximum atomic E-state index is 6.42. The molecule has 0 bridgehead atoms.